The van der Waals surface area contributed by atoms with Gasteiger partial charge in [0, 0.05) is 9.13 Å². The monoisotopic (exact) mass is 340 g/mol. The second-order valence-corrected chi connectivity index (χ2v) is 4.95. The van der Waals surface area contributed by atoms with Crippen LogP contribution in [-0.4, -0.2) is 5.78 Å². The van der Waals surface area contributed by atoms with Gasteiger partial charge in [0.2, 0.25) is 0 Å². The Morgan fingerprint density at radius 3 is 2.53 bits per heavy atom. The molecule has 0 aromatic heterocycles. The van der Waals surface area contributed by atoms with Gasteiger partial charge < -0.3 is 0 Å². The predicted octanol–water partition coefficient (Wildman–Crippen LogP) is 3.97. The van der Waals surface area contributed by atoms with E-state index in [1.165, 1.54) is 6.07 Å². The largest absolute Gasteiger partial charge is 0.288 e. The molecule has 3 heteroatoms. The zero-order valence-corrected chi connectivity index (χ0v) is 11.4. The predicted molar refractivity (Wildman–Crippen MR) is 73.7 cm³/mol. The maximum Gasteiger partial charge on any atom is 0.197 e. The van der Waals surface area contributed by atoms with E-state index >= 15 is 0 Å². The number of rotatable bonds is 2. The van der Waals surface area contributed by atoms with Gasteiger partial charge in [0.1, 0.15) is 5.82 Å². The molecule has 0 aliphatic rings. The Morgan fingerprint density at radius 2 is 1.82 bits per heavy atom. The van der Waals surface area contributed by atoms with Crippen molar-refractivity contribution < 1.29 is 9.18 Å². The van der Waals surface area contributed by atoms with Crippen LogP contribution in [0.3, 0.4) is 0 Å². The SMILES string of the molecule is Cc1ccc(F)c(C(=O)c2ccccc2I)c1. The maximum atomic E-state index is 13.6. The minimum absolute atomic E-state index is 0.133. The minimum Gasteiger partial charge on any atom is -0.288 e. The van der Waals surface area contributed by atoms with E-state index in [2.05, 4.69) is 22.6 Å². The Hall–Kier alpha value is -1.23. The van der Waals surface area contributed by atoms with Gasteiger partial charge in [-0.15, -0.1) is 0 Å². The Labute approximate surface area is 113 Å². The van der Waals surface area contributed by atoms with Crippen LogP contribution >= 0.6 is 22.6 Å². The molecule has 2 aromatic carbocycles. The Morgan fingerprint density at radius 1 is 1.12 bits per heavy atom. The first-order valence-electron chi connectivity index (χ1n) is 5.15. The second kappa shape index (κ2) is 4.96. The van der Waals surface area contributed by atoms with Gasteiger partial charge in [-0.25, -0.2) is 4.39 Å². The first-order valence-corrected chi connectivity index (χ1v) is 6.23. The van der Waals surface area contributed by atoms with Crippen LogP contribution < -0.4 is 0 Å². The Balaban J connectivity index is 2.51. The lowest BCUT2D eigenvalue weighted by Gasteiger charge is -2.05. The molecule has 0 unspecified atom stereocenters. The quantitative estimate of drug-likeness (QED) is 0.597. The molecule has 86 valence electrons. The van der Waals surface area contributed by atoms with Gasteiger partial charge in [-0.05, 0) is 53.8 Å². The molecule has 0 radical (unpaired) electrons. The number of carbonyl (C=O) groups is 1. The molecule has 0 heterocycles. The summed E-state index contributed by atoms with van der Waals surface area (Å²) in [6.45, 7) is 1.84. The van der Waals surface area contributed by atoms with Crippen molar-refractivity contribution in [1.82, 2.24) is 0 Å². The molecule has 0 aliphatic heterocycles. The minimum atomic E-state index is -0.472. The van der Waals surface area contributed by atoms with Crippen LogP contribution in [0.15, 0.2) is 42.5 Å². The van der Waals surface area contributed by atoms with Crippen molar-refractivity contribution in [1.29, 1.82) is 0 Å². The standard InChI is InChI=1S/C14H10FIO/c1-9-6-7-12(15)11(8-9)14(17)10-4-2-3-5-13(10)16/h2-8H,1H3. The van der Waals surface area contributed by atoms with Gasteiger partial charge in [-0.2, -0.15) is 0 Å². The van der Waals surface area contributed by atoms with E-state index in [1.807, 2.05) is 19.1 Å². The van der Waals surface area contributed by atoms with Crippen molar-refractivity contribution in [3.05, 3.63) is 68.5 Å². The molecule has 0 N–H and O–H groups in total. The molecule has 2 aromatic rings. The third-order valence-corrected chi connectivity index (χ3v) is 3.43. The highest BCUT2D eigenvalue weighted by Gasteiger charge is 2.15. The van der Waals surface area contributed by atoms with Crippen molar-refractivity contribution in [3.63, 3.8) is 0 Å². The number of carbonyl (C=O) groups excluding carboxylic acids is 1. The summed E-state index contributed by atoms with van der Waals surface area (Å²) in [6.07, 6.45) is 0. The van der Waals surface area contributed by atoms with E-state index in [1.54, 1.807) is 24.3 Å². The molecule has 0 spiro atoms. The molecule has 2 rings (SSSR count). The number of hydrogen-bond acceptors (Lipinski definition) is 1. The number of benzene rings is 2. The lowest BCUT2D eigenvalue weighted by atomic mass is 10.0. The van der Waals surface area contributed by atoms with E-state index in [4.69, 9.17) is 0 Å². The summed E-state index contributed by atoms with van der Waals surface area (Å²) in [5.41, 5.74) is 1.55. The van der Waals surface area contributed by atoms with Gasteiger partial charge in [-0.3, -0.25) is 4.79 Å². The molecular weight excluding hydrogens is 330 g/mol. The van der Waals surface area contributed by atoms with Gasteiger partial charge in [0.15, 0.2) is 5.78 Å². The van der Waals surface area contributed by atoms with E-state index in [-0.39, 0.29) is 11.3 Å². The summed E-state index contributed by atoms with van der Waals surface area (Å²) in [5.74, 6) is -0.739. The van der Waals surface area contributed by atoms with E-state index < -0.39 is 5.82 Å². The molecule has 17 heavy (non-hydrogen) atoms. The van der Waals surface area contributed by atoms with Crippen LogP contribution in [0.5, 0.6) is 0 Å². The zero-order chi connectivity index (χ0) is 12.4. The smallest absolute Gasteiger partial charge is 0.197 e. The van der Waals surface area contributed by atoms with Crippen molar-refractivity contribution >= 4 is 28.4 Å². The first kappa shape index (κ1) is 12.2. The lowest BCUT2D eigenvalue weighted by molar-refractivity contribution is 0.103. The normalized spacial score (nSPS) is 10.3. The summed E-state index contributed by atoms with van der Waals surface area (Å²) in [7, 11) is 0. The molecule has 0 saturated carbocycles. The highest BCUT2D eigenvalue weighted by Crippen LogP contribution is 2.19. The molecule has 0 bridgehead atoms. The molecule has 0 saturated heterocycles. The fraction of sp³-hybridized carbons (Fsp3) is 0.0714. The van der Waals surface area contributed by atoms with Gasteiger partial charge in [-0.1, -0.05) is 23.8 Å². The topological polar surface area (TPSA) is 17.1 Å². The third kappa shape index (κ3) is 2.54. The van der Waals surface area contributed by atoms with Crippen molar-refractivity contribution in [2.75, 3.05) is 0 Å². The molecule has 0 amide bonds. The lowest BCUT2D eigenvalue weighted by Crippen LogP contribution is -2.06. The van der Waals surface area contributed by atoms with Crippen LogP contribution in [0.4, 0.5) is 4.39 Å². The summed E-state index contributed by atoms with van der Waals surface area (Å²) in [4.78, 5) is 12.2. The first-order chi connectivity index (χ1) is 8.09. The maximum absolute atomic E-state index is 13.6. The van der Waals surface area contributed by atoms with Gasteiger partial charge in [0.25, 0.3) is 0 Å². The fourth-order valence-corrected chi connectivity index (χ4v) is 2.24. The number of halogens is 2. The third-order valence-electron chi connectivity index (χ3n) is 2.48. The summed E-state index contributed by atoms with van der Waals surface area (Å²) in [6, 6.07) is 11.8. The van der Waals surface area contributed by atoms with Crippen molar-refractivity contribution in [2.24, 2.45) is 0 Å². The van der Waals surface area contributed by atoms with E-state index in [0.29, 0.717) is 5.56 Å². The van der Waals surface area contributed by atoms with Crippen LogP contribution in [0, 0.1) is 16.3 Å². The number of aryl methyl sites for hydroxylation is 1. The molecule has 0 aliphatic carbocycles. The van der Waals surface area contributed by atoms with Gasteiger partial charge in [0.05, 0.1) is 5.56 Å². The van der Waals surface area contributed by atoms with Crippen molar-refractivity contribution in [3.8, 4) is 0 Å². The molecule has 0 atom stereocenters. The van der Waals surface area contributed by atoms with Gasteiger partial charge >= 0.3 is 0 Å². The molecule has 1 nitrogen and oxygen atoms in total. The molecular formula is C14H10FIO. The Kier molecular flexibility index (Phi) is 3.57. The average molecular weight is 340 g/mol. The fourth-order valence-electron chi connectivity index (χ4n) is 1.60. The van der Waals surface area contributed by atoms with E-state index in [0.717, 1.165) is 9.13 Å². The second-order valence-electron chi connectivity index (χ2n) is 3.79. The average Bonchev–Trinajstić information content (AvgIpc) is 2.32. The van der Waals surface area contributed by atoms with Crippen LogP contribution in [-0.2, 0) is 0 Å². The molecule has 0 fully saturated rings. The summed E-state index contributed by atoms with van der Waals surface area (Å²) < 4.78 is 14.4. The van der Waals surface area contributed by atoms with Crippen LogP contribution in [0.25, 0.3) is 0 Å². The van der Waals surface area contributed by atoms with Crippen molar-refractivity contribution in [2.45, 2.75) is 6.92 Å². The zero-order valence-electron chi connectivity index (χ0n) is 9.21. The number of hydrogen-bond donors (Lipinski definition) is 0. The highest BCUT2D eigenvalue weighted by molar-refractivity contribution is 14.1. The number of ketones is 1. The summed E-state index contributed by atoms with van der Waals surface area (Å²) >= 11 is 2.08. The summed E-state index contributed by atoms with van der Waals surface area (Å²) in [5, 5.41) is 0. The van der Waals surface area contributed by atoms with Crippen LogP contribution in [0.2, 0.25) is 0 Å². The Bertz CT molecular complexity index is 578. The highest BCUT2D eigenvalue weighted by atomic mass is 127. The van der Waals surface area contributed by atoms with Crippen LogP contribution in [0.1, 0.15) is 21.5 Å². The van der Waals surface area contributed by atoms with E-state index in [9.17, 15) is 9.18 Å².